The van der Waals surface area contributed by atoms with Gasteiger partial charge in [0.05, 0.1) is 5.02 Å². The first-order valence-corrected chi connectivity index (χ1v) is 6.12. The van der Waals surface area contributed by atoms with Crippen LogP contribution in [-0.2, 0) is 0 Å². The summed E-state index contributed by atoms with van der Waals surface area (Å²) < 4.78 is 0. The molecule has 0 amide bonds. The number of nitrogens with one attached hydrogen (secondary N) is 1. The fraction of sp³-hybridized carbons (Fsp3) is 0.500. The van der Waals surface area contributed by atoms with E-state index < -0.39 is 0 Å². The van der Waals surface area contributed by atoms with Gasteiger partial charge >= 0.3 is 0 Å². The van der Waals surface area contributed by atoms with E-state index >= 15 is 0 Å². The number of nitrogen functional groups attached to an aromatic ring is 1. The Hall–Kier alpha value is -1.29. The molecule has 0 bridgehead atoms. The minimum Gasteiger partial charge on any atom is -0.384 e. The molecule has 0 saturated heterocycles. The lowest BCUT2D eigenvalue weighted by Crippen LogP contribution is -2.32. The van der Waals surface area contributed by atoms with E-state index in [2.05, 4.69) is 30.7 Å². The highest BCUT2D eigenvalue weighted by Crippen LogP contribution is 2.28. The molecule has 1 heterocycles. The fourth-order valence-electron chi connectivity index (χ4n) is 1.69. The van der Waals surface area contributed by atoms with Crippen molar-refractivity contribution in [3.05, 3.63) is 22.8 Å². The van der Waals surface area contributed by atoms with Crippen LogP contribution >= 0.6 is 11.6 Å². The minimum absolute atomic E-state index is 0.0288. The number of rotatable bonds is 5. The predicted octanol–water partition coefficient (Wildman–Crippen LogP) is 2.64. The second-order valence-electron chi connectivity index (χ2n) is 4.20. The summed E-state index contributed by atoms with van der Waals surface area (Å²) in [4.78, 5) is 6.42. The predicted molar refractivity (Wildman–Crippen MR) is 73.0 cm³/mol. The van der Waals surface area contributed by atoms with Crippen molar-refractivity contribution in [2.24, 2.45) is 5.73 Å². The van der Waals surface area contributed by atoms with Gasteiger partial charge in [-0.2, -0.15) is 0 Å². The van der Waals surface area contributed by atoms with Gasteiger partial charge in [0.15, 0.2) is 0 Å². The molecule has 1 aromatic rings. The van der Waals surface area contributed by atoms with Crippen LogP contribution in [0.3, 0.4) is 0 Å². The van der Waals surface area contributed by atoms with Crippen LogP contribution in [0.4, 0.5) is 5.82 Å². The third-order valence-corrected chi connectivity index (χ3v) is 2.89. The van der Waals surface area contributed by atoms with Crippen molar-refractivity contribution in [3.8, 4) is 0 Å². The Labute approximate surface area is 107 Å². The van der Waals surface area contributed by atoms with Gasteiger partial charge in [-0.1, -0.05) is 18.5 Å². The zero-order chi connectivity index (χ0) is 13.0. The summed E-state index contributed by atoms with van der Waals surface area (Å²) in [5.74, 6) is 0.676. The van der Waals surface area contributed by atoms with E-state index in [0.717, 1.165) is 13.0 Å². The summed E-state index contributed by atoms with van der Waals surface area (Å²) in [6.07, 6.45) is 2.66. The number of anilines is 1. The van der Waals surface area contributed by atoms with Crippen molar-refractivity contribution >= 4 is 23.3 Å². The number of nitrogens with two attached hydrogens (primary N) is 1. The maximum Gasteiger partial charge on any atom is 0.148 e. The molecule has 4 nitrogen and oxygen atoms in total. The summed E-state index contributed by atoms with van der Waals surface area (Å²) in [5.41, 5.74) is 6.03. The Bertz CT molecular complexity index is 403. The average Bonchev–Trinajstić information content (AvgIpc) is 2.26. The lowest BCUT2D eigenvalue weighted by Gasteiger charge is -2.28. The number of hydrogen-bond acceptors (Lipinski definition) is 3. The summed E-state index contributed by atoms with van der Waals surface area (Å²) in [6, 6.07) is 1.97. The van der Waals surface area contributed by atoms with E-state index in [1.54, 1.807) is 12.3 Å². The highest BCUT2D eigenvalue weighted by atomic mass is 35.5. The summed E-state index contributed by atoms with van der Waals surface area (Å²) in [6.45, 7) is 7.17. The van der Waals surface area contributed by atoms with Gasteiger partial charge in [-0.15, -0.1) is 0 Å². The molecule has 0 aliphatic heterocycles. The third-order valence-electron chi connectivity index (χ3n) is 2.52. The zero-order valence-corrected chi connectivity index (χ0v) is 11.3. The van der Waals surface area contributed by atoms with Crippen LogP contribution in [0.2, 0.25) is 5.02 Å². The molecule has 94 valence electrons. The average molecular weight is 255 g/mol. The van der Waals surface area contributed by atoms with Gasteiger partial charge in [0.2, 0.25) is 0 Å². The van der Waals surface area contributed by atoms with Crippen molar-refractivity contribution in [1.29, 1.82) is 5.41 Å². The van der Waals surface area contributed by atoms with E-state index in [4.69, 9.17) is 22.7 Å². The maximum atomic E-state index is 7.47. The number of halogens is 1. The van der Waals surface area contributed by atoms with Crippen LogP contribution in [0, 0.1) is 5.41 Å². The lowest BCUT2D eigenvalue weighted by molar-refractivity contribution is 0.662. The third kappa shape index (κ3) is 3.09. The quantitative estimate of drug-likeness (QED) is 0.627. The molecule has 0 aliphatic rings. The molecule has 1 aromatic heterocycles. The number of aromatic nitrogens is 1. The monoisotopic (exact) mass is 254 g/mol. The van der Waals surface area contributed by atoms with Gasteiger partial charge in [0.25, 0.3) is 0 Å². The first-order chi connectivity index (χ1) is 7.99. The standard InChI is InChI=1S/C12H19ClN4/c1-4-7-17(8(2)3)12-10(13)9(11(14)15)5-6-16-12/h5-6,8H,4,7H2,1-3H3,(H3,14,15). The molecule has 1 rings (SSSR count). The highest BCUT2D eigenvalue weighted by Gasteiger charge is 2.17. The van der Waals surface area contributed by atoms with Gasteiger partial charge in [-0.25, -0.2) is 4.98 Å². The first-order valence-electron chi connectivity index (χ1n) is 5.74. The Morgan fingerprint density at radius 2 is 2.24 bits per heavy atom. The van der Waals surface area contributed by atoms with Crippen LogP contribution in [0.1, 0.15) is 32.8 Å². The largest absolute Gasteiger partial charge is 0.384 e. The van der Waals surface area contributed by atoms with E-state index in [0.29, 0.717) is 22.4 Å². The van der Waals surface area contributed by atoms with Gasteiger partial charge in [-0.05, 0) is 26.3 Å². The van der Waals surface area contributed by atoms with Crippen LogP contribution in [-0.4, -0.2) is 23.4 Å². The van der Waals surface area contributed by atoms with E-state index in [1.165, 1.54) is 0 Å². The molecule has 5 heteroatoms. The summed E-state index contributed by atoms with van der Waals surface area (Å²) in [7, 11) is 0. The molecular weight excluding hydrogens is 236 g/mol. The second-order valence-corrected chi connectivity index (χ2v) is 4.57. The van der Waals surface area contributed by atoms with Crippen LogP contribution < -0.4 is 10.6 Å². The molecule has 0 aromatic carbocycles. The number of nitrogens with zero attached hydrogens (tertiary/aromatic N) is 2. The Morgan fingerprint density at radius 1 is 1.59 bits per heavy atom. The Balaban J connectivity index is 3.20. The van der Waals surface area contributed by atoms with Crippen LogP contribution in [0.25, 0.3) is 0 Å². The molecule has 0 radical (unpaired) electrons. The van der Waals surface area contributed by atoms with Crippen molar-refractivity contribution in [1.82, 2.24) is 4.98 Å². The maximum absolute atomic E-state index is 7.47. The van der Waals surface area contributed by atoms with Crippen molar-refractivity contribution in [2.75, 3.05) is 11.4 Å². The smallest absolute Gasteiger partial charge is 0.148 e. The number of hydrogen-bond donors (Lipinski definition) is 2. The molecule has 3 N–H and O–H groups in total. The van der Waals surface area contributed by atoms with Gasteiger partial charge < -0.3 is 10.6 Å². The van der Waals surface area contributed by atoms with Crippen molar-refractivity contribution in [3.63, 3.8) is 0 Å². The molecular formula is C12H19ClN4. The van der Waals surface area contributed by atoms with Crippen LogP contribution in [0.5, 0.6) is 0 Å². The molecule has 17 heavy (non-hydrogen) atoms. The Kier molecular flexibility index (Phi) is 4.75. The van der Waals surface area contributed by atoms with Gasteiger partial charge in [-0.3, -0.25) is 5.41 Å². The van der Waals surface area contributed by atoms with Crippen molar-refractivity contribution < 1.29 is 0 Å². The molecule has 0 spiro atoms. The minimum atomic E-state index is -0.0288. The molecule has 0 aliphatic carbocycles. The van der Waals surface area contributed by atoms with E-state index in [1.807, 2.05) is 0 Å². The fourth-order valence-corrected chi connectivity index (χ4v) is 2.01. The molecule has 0 atom stereocenters. The topological polar surface area (TPSA) is 66.0 Å². The normalized spacial score (nSPS) is 10.6. The van der Waals surface area contributed by atoms with E-state index in [9.17, 15) is 0 Å². The van der Waals surface area contributed by atoms with E-state index in [-0.39, 0.29) is 5.84 Å². The summed E-state index contributed by atoms with van der Waals surface area (Å²) >= 11 is 6.25. The SMILES string of the molecule is CCCN(c1nccc(C(=N)N)c1Cl)C(C)C. The lowest BCUT2D eigenvalue weighted by atomic mass is 10.2. The molecule has 0 fully saturated rings. The van der Waals surface area contributed by atoms with Crippen molar-refractivity contribution in [2.45, 2.75) is 33.2 Å². The number of pyridine rings is 1. The zero-order valence-electron chi connectivity index (χ0n) is 10.5. The highest BCUT2D eigenvalue weighted by molar-refractivity contribution is 6.36. The Morgan fingerprint density at radius 3 is 2.71 bits per heavy atom. The van der Waals surface area contributed by atoms with Gasteiger partial charge in [0.1, 0.15) is 11.7 Å². The second kappa shape index (κ2) is 5.87. The molecule has 0 saturated carbocycles. The first kappa shape index (κ1) is 13.8. The number of amidine groups is 1. The van der Waals surface area contributed by atoms with Crippen LogP contribution in [0.15, 0.2) is 12.3 Å². The summed E-state index contributed by atoms with van der Waals surface area (Å²) in [5, 5.41) is 7.93. The molecule has 0 unspecified atom stereocenters. The van der Waals surface area contributed by atoms with Gasteiger partial charge in [0, 0.05) is 24.3 Å².